The Morgan fingerprint density at radius 2 is 2.30 bits per heavy atom. The molecule has 0 amide bonds. The summed E-state index contributed by atoms with van der Waals surface area (Å²) >= 11 is 0. The number of aromatic nitrogens is 2. The molecular weight excluding hydrogens is 405 g/mol. The van der Waals surface area contributed by atoms with Gasteiger partial charge in [0.25, 0.3) is 0 Å². The highest BCUT2D eigenvalue weighted by atomic mass is 127. The highest BCUT2D eigenvalue weighted by Crippen LogP contribution is 2.35. The zero-order valence-electron chi connectivity index (χ0n) is 14.6. The van der Waals surface area contributed by atoms with Crippen molar-refractivity contribution in [2.75, 3.05) is 20.6 Å². The van der Waals surface area contributed by atoms with Crippen LogP contribution in [0.3, 0.4) is 0 Å². The smallest absolute Gasteiger partial charge is 0.193 e. The third kappa shape index (κ3) is 5.34. The molecule has 1 aliphatic carbocycles. The number of guanidine groups is 1. The summed E-state index contributed by atoms with van der Waals surface area (Å²) < 4.78 is 1.80. The third-order valence-electron chi connectivity index (χ3n) is 4.68. The first-order valence-corrected chi connectivity index (χ1v) is 8.02. The van der Waals surface area contributed by atoms with E-state index in [-0.39, 0.29) is 35.5 Å². The van der Waals surface area contributed by atoms with Gasteiger partial charge in [0.15, 0.2) is 5.96 Å². The standard InChI is InChI=1S/C16H29N5O.HI/c1-16(8-6-5-7-14(16)22)12-18-15(17-2)20(3)10-13-9-19-21(4)11-13;/h9,11,14,22H,5-8,10,12H2,1-4H3,(H,17,18);1H. The lowest BCUT2D eigenvalue weighted by molar-refractivity contribution is 0.00369. The minimum absolute atomic E-state index is 0. The molecule has 132 valence electrons. The van der Waals surface area contributed by atoms with Gasteiger partial charge in [0.2, 0.25) is 0 Å². The number of halogens is 1. The Kier molecular flexibility index (Phi) is 7.79. The van der Waals surface area contributed by atoms with Crippen molar-refractivity contribution in [3.63, 3.8) is 0 Å². The summed E-state index contributed by atoms with van der Waals surface area (Å²) in [6.45, 7) is 3.67. The van der Waals surface area contributed by atoms with Gasteiger partial charge in [-0.2, -0.15) is 5.10 Å². The molecule has 2 rings (SSSR count). The number of aryl methyl sites for hydroxylation is 1. The van der Waals surface area contributed by atoms with Crippen molar-refractivity contribution < 1.29 is 5.11 Å². The zero-order chi connectivity index (χ0) is 16.2. The summed E-state index contributed by atoms with van der Waals surface area (Å²) in [5, 5.41) is 17.9. The van der Waals surface area contributed by atoms with E-state index in [0.29, 0.717) is 0 Å². The van der Waals surface area contributed by atoms with Gasteiger partial charge in [0.1, 0.15) is 0 Å². The molecule has 23 heavy (non-hydrogen) atoms. The van der Waals surface area contributed by atoms with Crippen LogP contribution in [-0.2, 0) is 13.6 Å². The Bertz CT molecular complexity index is 518. The Balaban J connectivity index is 0.00000264. The van der Waals surface area contributed by atoms with Gasteiger partial charge in [-0.15, -0.1) is 24.0 Å². The Morgan fingerprint density at radius 3 is 2.87 bits per heavy atom. The molecule has 0 bridgehead atoms. The number of hydrogen-bond donors (Lipinski definition) is 2. The van der Waals surface area contributed by atoms with E-state index in [9.17, 15) is 5.11 Å². The average molecular weight is 435 g/mol. The first-order valence-electron chi connectivity index (χ1n) is 8.02. The maximum atomic E-state index is 10.3. The van der Waals surface area contributed by atoms with Crippen molar-refractivity contribution in [1.29, 1.82) is 0 Å². The van der Waals surface area contributed by atoms with Crippen LogP contribution >= 0.6 is 24.0 Å². The Morgan fingerprint density at radius 1 is 1.57 bits per heavy atom. The first-order chi connectivity index (χ1) is 10.4. The molecule has 1 aromatic rings. The number of aliphatic hydroxyl groups excluding tert-OH is 1. The molecule has 1 aliphatic rings. The van der Waals surface area contributed by atoms with E-state index in [2.05, 4.69) is 27.2 Å². The van der Waals surface area contributed by atoms with Crippen molar-refractivity contribution in [2.45, 2.75) is 45.3 Å². The van der Waals surface area contributed by atoms with Crippen molar-refractivity contribution in [2.24, 2.45) is 17.5 Å². The molecule has 0 saturated heterocycles. The van der Waals surface area contributed by atoms with Gasteiger partial charge in [-0.05, 0) is 12.8 Å². The maximum absolute atomic E-state index is 10.3. The number of hydrogen-bond acceptors (Lipinski definition) is 3. The summed E-state index contributed by atoms with van der Waals surface area (Å²) in [4.78, 5) is 6.43. The van der Waals surface area contributed by atoms with Crippen molar-refractivity contribution in [3.05, 3.63) is 18.0 Å². The van der Waals surface area contributed by atoms with E-state index in [1.54, 1.807) is 11.7 Å². The van der Waals surface area contributed by atoms with Gasteiger partial charge in [0, 0.05) is 51.4 Å². The van der Waals surface area contributed by atoms with Crippen LogP contribution in [0, 0.1) is 5.41 Å². The van der Waals surface area contributed by atoms with E-state index >= 15 is 0 Å². The van der Waals surface area contributed by atoms with Gasteiger partial charge in [-0.3, -0.25) is 9.67 Å². The molecule has 0 radical (unpaired) electrons. The lowest BCUT2D eigenvalue weighted by atomic mass is 9.73. The third-order valence-corrected chi connectivity index (χ3v) is 4.68. The second-order valence-electron chi connectivity index (χ2n) is 6.69. The maximum Gasteiger partial charge on any atom is 0.193 e. The quantitative estimate of drug-likeness (QED) is 0.432. The minimum Gasteiger partial charge on any atom is -0.392 e. The fourth-order valence-electron chi connectivity index (χ4n) is 3.16. The van der Waals surface area contributed by atoms with Crippen LogP contribution in [0.5, 0.6) is 0 Å². The van der Waals surface area contributed by atoms with E-state index in [0.717, 1.165) is 43.9 Å². The van der Waals surface area contributed by atoms with Gasteiger partial charge in [-0.25, -0.2) is 0 Å². The predicted molar refractivity (Wildman–Crippen MR) is 104 cm³/mol. The van der Waals surface area contributed by atoms with Crippen LogP contribution in [0.25, 0.3) is 0 Å². The van der Waals surface area contributed by atoms with Crippen molar-refractivity contribution in [1.82, 2.24) is 20.0 Å². The monoisotopic (exact) mass is 435 g/mol. The fraction of sp³-hybridized carbons (Fsp3) is 0.750. The highest BCUT2D eigenvalue weighted by Gasteiger charge is 2.35. The minimum atomic E-state index is -0.226. The highest BCUT2D eigenvalue weighted by molar-refractivity contribution is 14.0. The van der Waals surface area contributed by atoms with Gasteiger partial charge < -0.3 is 15.3 Å². The number of nitrogens with one attached hydrogen (secondary N) is 1. The fourth-order valence-corrected chi connectivity index (χ4v) is 3.16. The summed E-state index contributed by atoms with van der Waals surface area (Å²) in [7, 11) is 5.73. The number of aliphatic imine (C=N–C) groups is 1. The molecule has 1 aromatic heterocycles. The van der Waals surface area contributed by atoms with Crippen LogP contribution in [0.1, 0.15) is 38.2 Å². The first kappa shape index (κ1) is 20.2. The lowest BCUT2D eigenvalue weighted by Gasteiger charge is -2.39. The molecule has 0 spiro atoms. The SMILES string of the molecule is CN=C(NCC1(C)CCCCC1O)N(C)Cc1cnn(C)c1.I. The molecule has 7 heteroatoms. The second-order valence-corrected chi connectivity index (χ2v) is 6.69. The van der Waals surface area contributed by atoms with Crippen molar-refractivity contribution in [3.8, 4) is 0 Å². The summed E-state index contributed by atoms with van der Waals surface area (Å²) in [6, 6.07) is 0. The van der Waals surface area contributed by atoms with E-state index in [1.807, 2.05) is 26.5 Å². The molecule has 1 heterocycles. The molecule has 2 unspecified atom stereocenters. The van der Waals surface area contributed by atoms with Crippen LogP contribution in [-0.4, -0.2) is 52.5 Å². The second kappa shape index (κ2) is 8.86. The summed E-state index contributed by atoms with van der Waals surface area (Å²) in [6.07, 6.45) is 7.94. The van der Waals surface area contributed by atoms with E-state index in [4.69, 9.17) is 0 Å². The van der Waals surface area contributed by atoms with Gasteiger partial charge in [0.05, 0.1) is 12.3 Å². The summed E-state index contributed by atoms with van der Waals surface area (Å²) in [5.74, 6) is 0.850. The molecule has 0 aliphatic heterocycles. The zero-order valence-corrected chi connectivity index (χ0v) is 16.9. The number of aliphatic hydroxyl groups is 1. The molecule has 2 N–H and O–H groups in total. The van der Waals surface area contributed by atoms with Gasteiger partial charge >= 0.3 is 0 Å². The molecular formula is C16H30IN5O. The number of nitrogens with zero attached hydrogens (tertiary/aromatic N) is 4. The normalized spacial score (nSPS) is 24.9. The van der Waals surface area contributed by atoms with Gasteiger partial charge in [-0.1, -0.05) is 19.8 Å². The van der Waals surface area contributed by atoms with Crippen LogP contribution < -0.4 is 5.32 Å². The topological polar surface area (TPSA) is 65.7 Å². The van der Waals surface area contributed by atoms with Crippen LogP contribution in [0.2, 0.25) is 0 Å². The molecule has 6 nitrogen and oxygen atoms in total. The summed E-state index contributed by atoms with van der Waals surface area (Å²) in [5.41, 5.74) is 1.08. The largest absolute Gasteiger partial charge is 0.392 e. The predicted octanol–water partition coefficient (Wildman–Crippen LogP) is 1.99. The van der Waals surface area contributed by atoms with E-state index in [1.165, 1.54) is 6.42 Å². The molecule has 1 saturated carbocycles. The Labute approximate surface area is 156 Å². The molecule has 2 atom stereocenters. The lowest BCUT2D eigenvalue weighted by Crippen LogP contribution is -2.48. The molecule has 0 aromatic carbocycles. The van der Waals surface area contributed by atoms with Crippen LogP contribution in [0.15, 0.2) is 17.4 Å². The Hall–Kier alpha value is -0.830. The van der Waals surface area contributed by atoms with E-state index < -0.39 is 0 Å². The van der Waals surface area contributed by atoms with Crippen molar-refractivity contribution >= 4 is 29.9 Å². The number of rotatable bonds is 4. The average Bonchev–Trinajstić information content (AvgIpc) is 2.88. The van der Waals surface area contributed by atoms with Crippen LogP contribution in [0.4, 0.5) is 0 Å². The molecule has 1 fully saturated rings.